The van der Waals surface area contributed by atoms with Crippen LogP contribution < -0.4 is 16.0 Å². The lowest BCUT2D eigenvalue weighted by atomic mass is 9.95. The molecule has 0 spiro atoms. The van der Waals surface area contributed by atoms with Crippen LogP contribution in [0.5, 0.6) is 0 Å². The maximum atomic E-state index is 12.8. The van der Waals surface area contributed by atoms with Gasteiger partial charge in [-0.1, -0.05) is 39.0 Å². The van der Waals surface area contributed by atoms with E-state index in [1.54, 1.807) is 60.7 Å². The van der Waals surface area contributed by atoms with Crippen molar-refractivity contribution in [2.45, 2.75) is 20.8 Å². The number of benzene rings is 2. The van der Waals surface area contributed by atoms with Gasteiger partial charge in [-0.2, -0.15) is 0 Å². The molecule has 0 fully saturated rings. The van der Waals surface area contributed by atoms with Gasteiger partial charge in [-0.05, 0) is 47.8 Å². The summed E-state index contributed by atoms with van der Waals surface area (Å²) in [7, 11) is 0. The lowest BCUT2D eigenvalue weighted by molar-refractivity contribution is -0.123. The quantitative estimate of drug-likeness (QED) is 0.527. The standard InChI is InChI=1S/C23H23N3O3S/c1-23(2,3)22(29)25-16-12-10-15(11-13-16)24-20(27)17-7-4-5-8-18(17)26-21(28)19-9-6-14-30-19/h4-14H,1-3H3,(H,24,27)(H,25,29)(H,26,28). The summed E-state index contributed by atoms with van der Waals surface area (Å²) < 4.78 is 0. The van der Waals surface area contributed by atoms with Crippen LogP contribution in [0, 0.1) is 5.41 Å². The molecule has 0 aliphatic rings. The van der Waals surface area contributed by atoms with Crippen molar-refractivity contribution in [1.29, 1.82) is 0 Å². The third-order valence-electron chi connectivity index (χ3n) is 4.25. The predicted molar refractivity (Wildman–Crippen MR) is 121 cm³/mol. The molecule has 2 aromatic carbocycles. The van der Waals surface area contributed by atoms with Gasteiger partial charge in [0.1, 0.15) is 0 Å². The number of thiophene rings is 1. The third kappa shape index (κ3) is 5.33. The Morgan fingerprint density at radius 2 is 1.37 bits per heavy atom. The van der Waals surface area contributed by atoms with Crippen LogP contribution in [0.1, 0.15) is 40.8 Å². The van der Waals surface area contributed by atoms with E-state index in [0.717, 1.165) is 0 Å². The van der Waals surface area contributed by atoms with E-state index < -0.39 is 5.41 Å². The number of amides is 3. The smallest absolute Gasteiger partial charge is 0.265 e. The molecular formula is C23H23N3O3S. The Bertz CT molecular complexity index is 1050. The Morgan fingerprint density at radius 3 is 1.97 bits per heavy atom. The molecule has 3 N–H and O–H groups in total. The topological polar surface area (TPSA) is 87.3 Å². The van der Waals surface area contributed by atoms with Crippen LogP contribution in [0.4, 0.5) is 17.1 Å². The van der Waals surface area contributed by atoms with E-state index in [-0.39, 0.29) is 17.7 Å². The number of carbonyl (C=O) groups is 3. The molecule has 3 rings (SSSR count). The molecule has 0 saturated carbocycles. The number of rotatable bonds is 5. The molecule has 0 unspecified atom stereocenters. The second-order valence-electron chi connectivity index (χ2n) is 7.71. The van der Waals surface area contributed by atoms with Gasteiger partial charge in [-0.25, -0.2) is 0 Å². The summed E-state index contributed by atoms with van der Waals surface area (Å²) in [5.74, 6) is -0.692. The minimum Gasteiger partial charge on any atom is -0.326 e. The minimum absolute atomic E-state index is 0.0882. The monoisotopic (exact) mass is 421 g/mol. The van der Waals surface area contributed by atoms with Crippen molar-refractivity contribution in [3.8, 4) is 0 Å². The number of anilines is 3. The van der Waals surface area contributed by atoms with E-state index in [0.29, 0.717) is 27.5 Å². The fourth-order valence-electron chi connectivity index (χ4n) is 2.54. The molecule has 7 heteroatoms. The van der Waals surface area contributed by atoms with Crippen molar-refractivity contribution >= 4 is 46.1 Å². The van der Waals surface area contributed by atoms with E-state index in [9.17, 15) is 14.4 Å². The van der Waals surface area contributed by atoms with Crippen molar-refractivity contribution < 1.29 is 14.4 Å². The first kappa shape index (κ1) is 21.3. The normalized spacial score (nSPS) is 10.9. The van der Waals surface area contributed by atoms with Crippen LogP contribution in [-0.4, -0.2) is 17.7 Å². The highest BCUT2D eigenvalue weighted by atomic mass is 32.1. The predicted octanol–water partition coefficient (Wildman–Crippen LogP) is 5.24. The average molecular weight is 422 g/mol. The molecule has 0 aliphatic heterocycles. The van der Waals surface area contributed by atoms with Crippen LogP contribution in [0.15, 0.2) is 66.0 Å². The van der Waals surface area contributed by atoms with Gasteiger partial charge in [0.15, 0.2) is 0 Å². The molecule has 1 aromatic heterocycles. The number of hydrogen-bond donors (Lipinski definition) is 3. The van der Waals surface area contributed by atoms with Gasteiger partial charge in [0.2, 0.25) is 5.91 Å². The van der Waals surface area contributed by atoms with Crippen molar-refractivity contribution in [3.05, 3.63) is 76.5 Å². The maximum absolute atomic E-state index is 12.8. The minimum atomic E-state index is -0.496. The average Bonchev–Trinajstić information content (AvgIpc) is 3.24. The summed E-state index contributed by atoms with van der Waals surface area (Å²) in [5, 5.41) is 10.3. The molecule has 0 bridgehead atoms. The second-order valence-corrected chi connectivity index (χ2v) is 8.66. The first-order valence-corrected chi connectivity index (χ1v) is 10.3. The van der Waals surface area contributed by atoms with Gasteiger partial charge in [0, 0.05) is 16.8 Å². The SMILES string of the molecule is CC(C)(C)C(=O)Nc1ccc(NC(=O)c2ccccc2NC(=O)c2cccs2)cc1. The van der Waals surface area contributed by atoms with Crippen LogP contribution in [0.3, 0.4) is 0 Å². The first-order chi connectivity index (χ1) is 14.2. The van der Waals surface area contributed by atoms with Crippen molar-refractivity contribution in [3.63, 3.8) is 0 Å². The van der Waals surface area contributed by atoms with Gasteiger partial charge >= 0.3 is 0 Å². The molecule has 30 heavy (non-hydrogen) atoms. The van der Waals surface area contributed by atoms with Crippen LogP contribution in [-0.2, 0) is 4.79 Å². The molecule has 154 valence electrons. The highest BCUT2D eigenvalue weighted by Crippen LogP contribution is 2.22. The zero-order valence-corrected chi connectivity index (χ0v) is 17.8. The fourth-order valence-corrected chi connectivity index (χ4v) is 3.15. The van der Waals surface area contributed by atoms with Crippen molar-refractivity contribution in [2.24, 2.45) is 5.41 Å². The number of para-hydroxylation sites is 1. The Balaban J connectivity index is 1.69. The molecule has 6 nitrogen and oxygen atoms in total. The van der Waals surface area contributed by atoms with E-state index in [1.165, 1.54) is 11.3 Å². The van der Waals surface area contributed by atoms with Gasteiger partial charge in [0.25, 0.3) is 11.8 Å². The largest absolute Gasteiger partial charge is 0.326 e. The molecule has 3 aromatic rings. The lowest BCUT2D eigenvalue weighted by Gasteiger charge is -2.17. The van der Waals surface area contributed by atoms with Gasteiger partial charge in [-0.3, -0.25) is 14.4 Å². The Kier molecular flexibility index (Phi) is 6.32. The highest BCUT2D eigenvalue weighted by Gasteiger charge is 2.21. The summed E-state index contributed by atoms with van der Waals surface area (Å²) in [5.41, 5.74) is 1.52. The van der Waals surface area contributed by atoms with Crippen LogP contribution in [0.25, 0.3) is 0 Å². The Morgan fingerprint density at radius 1 is 0.733 bits per heavy atom. The van der Waals surface area contributed by atoms with E-state index in [1.807, 2.05) is 26.2 Å². The molecule has 3 amide bonds. The Labute approximate surface area is 179 Å². The molecule has 0 saturated heterocycles. The number of carbonyl (C=O) groups excluding carboxylic acids is 3. The van der Waals surface area contributed by atoms with E-state index in [4.69, 9.17) is 0 Å². The second kappa shape index (κ2) is 8.92. The number of nitrogens with one attached hydrogen (secondary N) is 3. The van der Waals surface area contributed by atoms with Crippen molar-refractivity contribution in [1.82, 2.24) is 0 Å². The highest BCUT2D eigenvalue weighted by molar-refractivity contribution is 7.12. The molecule has 0 aliphatic carbocycles. The lowest BCUT2D eigenvalue weighted by Crippen LogP contribution is -2.27. The van der Waals surface area contributed by atoms with Gasteiger partial charge in [-0.15, -0.1) is 11.3 Å². The van der Waals surface area contributed by atoms with E-state index >= 15 is 0 Å². The molecular weight excluding hydrogens is 398 g/mol. The van der Waals surface area contributed by atoms with Gasteiger partial charge < -0.3 is 16.0 Å². The summed E-state index contributed by atoms with van der Waals surface area (Å²) in [6, 6.07) is 17.2. The molecule has 0 atom stereocenters. The maximum Gasteiger partial charge on any atom is 0.265 e. The summed E-state index contributed by atoms with van der Waals surface area (Å²) in [6.45, 7) is 5.52. The zero-order valence-electron chi connectivity index (χ0n) is 17.0. The summed E-state index contributed by atoms with van der Waals surface area (Å²) >= 11 is 1.33. The Hall–Kier alpha value is -3.45. The third-order valence-corrected chi connectivity index (χ3v) is 5.12. The zero-order chi connectivity index (χ0) is 21.7. The van der Waals surface area contributed by atoms with Crippen LogP contribution in [0.2, 0.25) is 0 Å². The van der Waals surface area contributed by atoms with E-state index in [2.05, 4.69) is 16.0 Å². The summed E-state index contributed by atoms with van der Waals surface area (Å²) in [4.78, 5) is 37.8. The number of hydrogen-bond acceptors (Lipinski definition) is 4. The fraction of sp³-hybridized carbons (Fsp3) is 0.174. The van der Waals surface area contributed by atoms with Crippen LogP contribution >= 0.6 is 11.3 Å². The first-order valence-electron chi connectivity index (χ1n) is 9.41. The summed E-state index contributed by atoms with van der Waals surface area (Å²) in [6.07, 6.45) is 0. The molecule has 1 heterocycles. The van der Waals surface area contributed by atoms with Gasteiger partial charge in [0.05, 0.1) is 16.1 Å². The van der Waals surface area contributed by atoms with Crippen molar-refractivity contribution in [2.75, 3.05) is 16.0 Å². The molecule has 0 radical (unpaired) electrons.